The second-order valence-electron chi connectivity index (χ2n) is 4.26. The quantitative estimate of drug-likeness (QED) is 0.890. The highest BCUT2D eigenvalue weighted by Crippen LogP contribution is 2.16. The molecule has 0 bridgehead atoms. The number of thiazole rings is 1. The summed E-state index contributed by atoms with van der Waals surface area (Å²) < 4.78 is 5.09. The van der Waals surface area contributed by atoms with Crippen LogP contribution in [-0.4, -0.2) is 24.7 Å². The van der Waals surface area contributed by atoms with Gasteiger partial charge in [-0.05, 0) is 31.0 Å². The molecule has 2 amide bonds. The van der Waals surface area contributed by atoms with Crippen molar-refractivity contribution in [1.29, 1.82) is 0 Å². The molecule has 0 aliphatic carbocycles. The van der Waals surface area contributed by atoms with Gasteiger partial charge >= 0.3 is 6.03 Å². The molecular weight excluding hydrogens is 274 g/mol. The third kappa shape index (κ3) is 4.24. The van der Waals surface area contributed by atoms with Gasteiger partial charge in [-0.15, -0.1) is 11.3 Å². The van der Waals surface area contributed by atoms with Crippen LogP contribution in [0.25, 0.3) is 0 Å². The fraction of sp³-hybridized carbons (Fsp3) is 0.286. The zero-order valence-corrected chi connectivity index (χ0v) is 12.3. The normalized spacial score (nSPS) is 10.1. The number of carbonyl (C=O) groups excluding carboxylic acids is 1. The van der Waals surface area contributed by atoms with Crippen LogP contribution in [-0.2, 0) is 6.42 Å². The highest BCUT2D eigenvalue weighted by molar-refractivity contribution is 7.15. The van der Waals surface area contributed by atoms with Crippen molar-refractivity contribution >= 4 is 22.5 Å². The summed E-state index contributed by atoms with van der Waals surface area (Å²) in [6.45, 7) is 2.52. The number of amides is 2. The maximum absolute atomic E-state index is 11.6. The minimum Gasteiger partial charge on any atom is -0.497 e. The zero-order valence-electron chi connectivity index (χ0n) is 11.5. The van der Waals surface area contributed by atoms with Crippen LogP contribution in [0.3, 0.4) is 0 Å². The number of benzene rings is 1. The van der Waals surface area contributed by atoms with Gasteiger partial charge in [-0.3, -0.25) is 5.32 Å². The molecule has 6 heteroatoms. The lowest BCUT2D eigenvalue weighted by Crippen LogP contribution is -2.30. The van der Waals surface area contributed by atoms with E-state index < -0.39 is 0 Å². The standard InChI is InChI=1S/C14H17N3O2S/c1-10-9-16-14(20-10)17-13(18)15-8-7-11-3-5-12(19-2)6-4-11/h3-6,9H,7-8H2,1-2H3,(H2,15,16,17,18). The largest absolute Gasteiger partial charge is 0.497 e. The van der Waals surface area contributed by atoms with Crippen LogP contribution in [0.1, 0.15) is 10.4 Å². The average molecular weight is 291 g/mol. The third-order valence-electron chi connectivity index (χ3n) is 2.70. The Kier molecular flexibility index (Phi) is 4.95. The lowest BCUT2D eigenvalue weighted by molar-refractivity contribution is 0.252. The molecule has 20 heavy (non-hydrogen) atoms. The van der Waals surface area contributed by atoms with Gasteiger partial charge in [0.1, 0.15) is 5.75 Å². The first-order valence-corrected chi connectivity index (χ1v) is 7.09. The first kappa shape index (κ1) is 14.3. The smallest absolute Gasteiger partial charge is 0.321 e. The number of carbonyl (C=O) groups is 1. The number of ether oxygens (including phenoxy) is 1. The Balaban J connectivity index is 1.73. The van der Waals surface area contributed by atoms with Crippen LogP contribution in [0.2, 0.25) is 0 Å². The number of rotatable bonds is 5. The van der Waals surface area contributed by atoms with E-state index in [1.54, 1.807) is 13.3 Å². The Hall–Kier alpha value is -2.08. The molecule has 0 saturated heterocycles. The van der Waals surface area contributed by atoms with E-state index in [2.05, 4.69) is 15.6 Å². The number of nitrogens with one attached hydrogen (secondary N) is 2. The fourth-order valence-corrected chi connectivity index (χ4v) is 2.33. The van der Waals surface area contributed by atoms with Crippen LogP contribution in [0.4, 0.5) is 9.93 Å². The summed E-state index contributed by atoms with van der Waals surface area (Å²) in [6, 6.07) is 7.57. The second-order valence-corrected chi connectivity index (χ2v) is 5.49. The first-order valence-electron chi connectivity index (χ1n) is 6.27. The summed E-state index contributed by atoms with van der Waals surface area (Å²) in [5, 5.41) is 6.12. The van der Waals surface area contributed by atoms with Gasteiger partial charge in [-0.2, -0.15) is 0 Å². The highest BCUT2D eigenvalue weighted by Gasteiger charge is 2.04. The molecule has 2 aromatic rings. The summed E-state index contributed by atoms with van der Waals surface area (Å²) in [7, 11) is 1.64. The second kappa shape index (κ2) is 6.91. The topological polar surface area (TPSA) is 63.2 Å². The first-order chi connectivity index (χ1) is 9.67. The van der Waals surface area contributed by atoms with E-state index in [9.17, 15) is 4.79 Å². The molecule has 1 aromatic heterocycles. The molecule has 0 atom stereocenters. The number of hydrogen-bond donors (Lipinski definition) is 2. The van der Waals surface area contributed by atoms with E-state index in [4.69, 9.17) is 4.74 Å². The van der Waals surface area contributed by atoms with Gasteiger partial charge < -0.3 is 10.1 Å². The van der Waals surface area contributed by atoms with Crippen LogP contribution in [0, 0.1) is 6.92 Å². The zero-order chi connectivity index (χ0) is 14.4. The summed E-state index contributed by atoms with van der Waals surface area (Å²) in [6.07, 6.45) is 2.51. The molecule has 0 saturated carbocycles. The number of methoxy groups -OCH3 is 1. The predicted molar refractivity (Wildman–Crippen MR) is 80.6 cm³/mol. The Morgan fingerprint density at radius 1 is 1.35 bits per heavy atom. The van der Waals surface area contributed by atoms with E-state index >= 15 is 0 Å². The SMILES string of the molecule is COc1ccc(CCNC(=O)Nc2ncc(C)s2)cc1. The maximum atomic E-state index is 11.6. The van der Waals surface area contributed by atoms with Gasteiger partial charge in [0.25, 0.3) is 0 Å². The van der Waals surface area contributed by atoms with Gasteiger partial charge in [0.2, 0.25) is 0 Å². The Bertz CT molecular complexity index is 566. The van der Waals surface area contributed by atoms with Crippen molar-refractivity contribution in [3.05, 3.63) is 40.9 Å². The van der Waals surface area contributed by atoms with E-state index in [0.717, 1.165) is 22.6 Å². The van der Waals surface area contributed by atoms with Gasteiger partial charge in [-0.25, -0.2) is 9.78 Å². The van der Waals surface area contributed by atoms with Crippen molar-refractivity contribution in [3.63, 3.8) is 0 Å². The van der Waals surface area contributed by atoms with E-state index in [0.29, 0.717) is 11.7 Å². The van der Waals surface area contributed by atoms with Crippen LogP contribution >= 0.6 is 11.3 Å². The van der Waals surface area contributed by atoms with Gasteiger partial charge in [0, 0.05) is 17.6 Å². The number of anilines is 1. The Morgan fingerprint density at radius 2 is 2.10 bits per heavy atom. The minimum atomic E-state index is -0.229. The van der Waals surface area contributed by atoms with Crippen LogP contribution in [0.15, 0.2) is 30.5 Å². The molecule has 5 nitrogen and oxygen atoms in total. The molecule has 1 heterocycles. The van der Waals surface area contributed by atoms with Crippen molar-refractivity contribution < 1.29 is 9.53 Å². The van der Waals surface area contributed by atoms with Crippen molar-refractivity contribution in [2.45, 2.75) is 13.3 Å². The number of urea groups is 1. The minimum absolute atomic E-state index is 0.229. The number of nitrogens with zero attached hydrogens (tertiary/aromatic N) is 1. The van der Waals surface area contributed by atoms with Crippen LogP contribution < -0.4 is 15.4 Å². The Morgan fingerprint density at radius 3 is 2.70 bits per heavy atom. The summed E-state index contributed by atoms with van der Waals surface area (Å²) in [5.41, 5.74) is 1.15. The van der Waals surface area contributed by atoms with Crippen molar-refractivity contribution in [1.82, 2.24) is 10.3 Å². The number of hydrogen-bond acceptors (Lipinski definition) is 4. The molecule has 2 N–H and O–H groups in total. The molecule has 0 aliphatic rings. The van der Waals surface area contributed by atoms with Gasteiger partial charge in [-0.1, -0.05) is 12.1 Å². The van der Waals surface area contributed by atoms with Gasteiger partial charge in [0.05, 0.1) is 7.11 Å². The lowest BCUT2D eigenvalue weighted by Gasteiger charge is -2.06. The van der Waals surface area contributed by atoms with E-state index in [1.807, 2.05) is 31.2 Å². The summed E-state index contributed by atoms with van der Waals surface area (Å²) in [5.74, 6) is 0.832. The third-order valence-corrected chi connectivity index (χ3v) is 3.53. The maximum Gasteiger partial charge on any atom is 0.321 e. The molecular formula is C14H17N3O2S. The molecule has 106 valence electrons. The predicted octanol–water partition coefficient (Wildman–Crippen LogP) is 2.82. The molecule has 0 radical (unpaired) electrons. The monoisotopic (exact) mass is 291 g/mol. The average Bonchev–Trinajstić information content (AvgIpc) is 2.85. The van der Waals surface area contributed by atoms with Gasteiger partial charge in [0.15, 0.2) is 5.13 Å². The van der Waals surface area contributed by atoms with Crippen molar-refractivity contribution in [3.8, 4) is 5.75 Å². The molecule has 0 unspecified atom stereocenters. The fourth-order valence-electron chi connectivity index (χ4n) is 1.67. The number of aryl methyl sites for hydroxylation is 1. The molecule has 1 aromatic carbocycles. The molecule has 0 fully saturated rings. The van der Waals surface area contributed by atoms with E-state index in [-0.39, 0.29) is 6.03 Å². The van der Waals surface area contributed by atoms with Crippen molar-refractivity contribution in [2.75, 3.05) is 19.0 Å². The summed E-state index contributed by atoms with van der Waals surface area (Å²) >= 11 is 1.45. The highest BCUT2D eigenvalue weighted by atomic mass is 32.1. The molecule has 0 aliphatic heterocycles. The van der Waals surface area contributed by atoms with E-state index in [1.165, 1.54) is 11.3 Å². The van der Waals surface area contributed by atoms with Crippen LogP contribution in [0.5, 0.6) is 5.75 Å². The molecule has 0 spiro atoms. The summed E-state index contributed by atoms with van der Waals surface area (Å²) in [4.78, 5) is 16.8. The van der Waals surface area contributed by atoms with Crippen molar-refractivity contribution in [2.24, 2.45) is 0 Å². The Labute approximate surface area is 122 Å². The lowest BCUT2D eigenvalue weighted by atomic mass is 10.1. The molecule has 2 rings (SSSR count). The number of aromatic nitrogens is 1.